The summed E-state index contributed by atoms with van der Waals surface area (Å²) in [7, 11) is 0. The van der Waals surface area contributed by atoms with Gasteiger partial charge in [-0.15, -0.1) is 0 Å². The van der Waals surface area contributed by atoms with Gasteiger partial charge in [-0.25, -0.2) is 0 Å². The molecule has 1 aliphatic carbocycles. The second kappa shape index (κ2) is 7.26. The average Bonchev–Trinajstić information content (AvgIpc) is 2.48. The molecule has 0 heterocycles. The van der Waals surface area contributed by atoms with Crippen molar-refractivity contribution in [3.8, 4) is 0 Å². The first kappa shape index (κ1) is 18.0. The van der Waals surface area contributed by atoms with Crippen molar-refractivity contribution in [2.75, 3.05) is 6.54 Å². The Morgan fingerprint density at radius 1 is 1.00 bits per heavy atom. The molecule has 1 aliphatic rings. The van der Waals surface area contributed by atoms with Gasteiger partial charge in [-0.05, 0) is 48.9 Å². The molecule has 20 heavy (non-hydrogen) atoms. The maximum absolute atomic E-state index is 10.1. The van der Waals surface area contributed by atoms with Gasteiger partial charge in [0, 0.05) is 12.6 Å². The lowest BCUT2D eigenvalue weighted by atomic mass is 9.76. The Kier molecular flexibility index (Phi) is 6.53. The summed E-state index contributed by atoms with van der Waals surface area (Å²) in [6.45, 7) is 14.4. The van der Waals surface area contributed by atoms with Crippen LogP contribution in [0, 0.1) is 16.7 Å². The minimum Gasteiger partial charge on any atom is -0.392 e. The highest BCUT2D eigenvalue weighted by Gasteiger charge is 2.28. The molecule has 0 aromatic rings. The van der Waals surface area contributed by atoms with Gasteiger partial charge in [0.1, 0.15) is 0 Å². The third-order valence-corrected chi connectivity index (χ3v) is 4.68. The van der Waals surface area contributed by atoms with Crippen LogP contribution >= 0.6 is 0 Å². The van der Waals surface area contributed by atoms with Crippen molar-refractivity contribution >= 4 is 0 Å². The molecule has 0 aromatic carbocycles. The molecule has 1 fully saturated rings. The molecule has 1 saturated carbocycles. The fraction of sp³-hybridized carbons (Fsp3) is 1.00. The molecule has 0 radical (unpaired) electrons. The molecule has 3 atom stereocenters. The molecule has 0 bridgehead atoms. The van der Waals surface area contributed by atoms with Gasteiger partial charge in [-0.1, -0.05) is 48.0 Å². The van der Waals surface area contributed by atoms with Crippen molar-refractivity contribution < 1.29 is 5.11 Å². The van der Waals surface area contributed by atoms with Crippen LogP contribution in [0.3, 0.4) is 0 Å². The van der Waals surface area contributed by atoms with Gasteiger partial charge in [-0.2, -0.15) is 0 Å². The van der Waals surface area contributed by atoms with Crippen LogP contribution in [0.5, 0.6) is 0 Å². The van der Waals surface area contributed by atoms with E-state index in [0.29, 0.717) is 11.5 Å². The summed E-state index contributed by atoms with van der Waals surface area (Å²) in [5.74, 6) is 0.855. The Morgan fingerprint density at radius 3 is 2.20 bits per heavy atom. The predicted octanol–water partition coefficient (Wildman–Crippen LogP) is 4.37. The molecule has 0 aromatic heterocycles. The van der Waals surface area contributed by atoms with Crippen LogP contribution in [0.15, 0.2) is 0 Å². The van der Waals surface area contributed by atoms with E-state index < -0.39 is 0 Å². The average molecular weight is 284 g/mol. The van der Waals surface area contributed by atoms with Crippen molar-refractivity contribution in [2.45, 2.75) is 92.2 Å². The molecule has 0 amide bonds. The molecular weight excluding hydrogens is 246 g/mol. The van der Waals surface area contributed by atoms with Gasteiger partial charge in [0.2, 0.25) is 0 Å². The van der Waals surface area contributed by atoms with E-state index in [1.54, 1.807) is 0 Å². The predicted molar refractivity (Wildman–Crippen MR) is 87.9 cm³/mol. The fourth-order valence-electron chi connectivity index (χ4n) is 3.45. The Balaban J connectivity index is 2.32. The molecular formula is C18H37NO. The Morgan fingerprint density at radius 2 is 1.65 bits per heavy atom. The number of hydrogen-bond donors (Lipinski definition) is 2. The van der Waals surface area contributed by atoms with Crippen molar-refractivity contribution in [3.63, 3.8) is 0 Å². The van der Waals surface area contributed by atoms with Crippen molar-refractivity contribution in [3.05, 3.63) is 0 Å². The summed E-state index contributed by atoms with van der Waals surface area (Å²) in [5, 5.41) is 13.7. The topological polar surface area (TPSA) is 32.3 Å². The summed E-state index contributed by atoms with van der Waals surface area (Å²) in [5.41, 5.74) is 0.655. The summed E-state index contributed by atoms with van der Waals surface area (Å²) in [6, 6.07) is 0.608. The highest BCUT2D eigenvalue weighted by molar-refractivity contribution is 4.82. The molecule has 0 saturated heterocycles. The van der Waals surface area contributed by atoms with Gasteiger partial charge in [-0.3, -0.25) is 0 Å². The van der Waals surface area contributed by atoms with Crippen LogP contribution in [0.1, 0.15) is 80.1 Å². The normalized spacial score (nSPS) is 27.1. The van der Waals surface area contributed by atoms with Crippen LogP contribution in [-0.4, -0.2) is 23.8 Å². The van der Waals surface area contributed by atoms with Gasteiger partial charge in [0.05, 0.1) is 6.10 Å². The smallest absolute Gasteiger partial charge is 0.0669 e. The first-order chi connectivity index (χ1) is 9.08. The van der Waals surface area contributed by atoms with Gasteiger partial charge < -0.3 is 10.4 Å². The summed E-state index contributed by atoms with van der Waals surface area (Å²) in [4.78, 5) is 0. The van der Waals surface area contributed by atoms with Crippen LogP contribution in [0.2, 0.25) is 0 Å². The maximum atomic E-state index is 10.1. The first-order valence-electron chi connectivity index (χ1n) is 8.49. The lowest BCUT2D eigenvalue weighted by Crippen LogP contribution is -2.37. The van der Waals surface area contributed by atoms with E-state index in [4.69, 9.17) is 0 Å². The van der Waals surface area contributed by atoms with Crippen LogP contribution in [0.4, 0.5) is 0 Å². The minimum absolute atomic E-state index is 0.210. The Bertz CT molecular complexity index is 274. The lowest BCUT2D eigenvalue weighted by Gasteiger charge is -2.30. The number of nitrogens with one attached hydrogen (secondary N) is 1. The van der Waals surface area contributed by atoms with Gasteiger partial charge in [0.25, 0.3) is 0 Å². The van der Waals surface area contributed by atoms with E-state index in [-0.39, 0.29) is 11.5 Å². The zero-order valence-corrected chi connectivity index (χ0v) is 14.6. The number of rotatable bonds is 4. The number of hydrogen-bond acceptors (Lipinski definition) is 2. The van der Waals surface area contributed by atoms with E-state index in [1.807, 2.05) is 0 Å². The Labute approximate surface area is 126 Å². The molecule has 0 aliphatic heterocycles. The lowest BCUT2D eigenvalue weighted by molar-refractivity contribution is 0.115. The van der Waals surface area contributed by atoms with E-state index in [9.17, 15) is 5.11 Å². The van der Waals surface area contributed by atoms with Gasteiger partial charge in [0.15, 0.2) is 0 Å². The highest BCUT2D eigenvalue weighted by Crippen LogP contribution is 2.36. The van der Waals surface area contributed by atoms with Crippen molar-refractivity contribution in [2.24, 2.45) is 16.7 Å². The van der Waals surface area contributed by atoms with Crippen LogP contribution in [-0.2, 0) is 0 Å². The largest absolute Gasteiger partial charge is 0.392 e. The first-order valence-corrected chi connectivity index (χ1v) is 8.49. The second-order valence-corrected chi connectivity index (χ2v) is 9.09. The molecule has 120 valence electrons. The van der Waals surface area contributed by atoms with E-state index in [0.717, 1.165) is 18.9 Å². The zero-order chi connectivity index (χ0) is 15.4. The molecule has 2 heteroatoms. The molecule has 0 spiro atoms. The third kappa shape index (κ3) is 7.08. The van der Waals surface area contributed by atoms with Crippen molar-refractivity contribution in [1.82, 2.24) is 5.32 Å². The highest BCUT2D eigenvalue weighted by atomic mass is 16.3. The molecule has 2 N–H and O–H groups in total. The monoisotopic (exact) mass is 283 g/mol. The molecule has 2 nitrogen and oxygen atoms in total. The molecule has 3 unspecified atom stereocenters. The van der Waals surface area contributed by atoms with Gasteiger partial charge >= 0.3 is 0 Å². The quantitative estimate of drug-likeness (QED) is 0.751. The van der Waals surface area contributed by atoms with E-state index >= 15 is 0 Å². The Hall–Kier alpha value is -0.0800. The minimum atomic E-state index is -0.211. The second-order valence-electron chi connectivity index (χ2n) is 9.09. The summed E-state index contributed by atoms with van der Waals surface area (Å²) in [6.07, 6.45) is 7.23. The summed E-state index contributed by atoms with van der Waals surface area (Å²) >= 11 is 0. The van der Waals surface area contributed by atoms with Crippen LogP contribution < -0.4 is 5.32 Å². The molecule has 1 rings (SSSR count). The number of aliphatic hydroxyl groups is 1. The maximum Gasteiger partial charge on any atom is 0.0669 e. The zero-order valence-electron chi connectivity index (χ0n) is 14.6. The van der Waals surface area contributed by atoms with Crippen LogP contribution in [0.25, 0.3) is 0 Å². The SMILES string of the molecule is CC(C)(C)CC(O)CNC1CCCC(C(C)(C)C)CC1. The number of aliphatic hydroxyl groups excluding tert-OH is 1. The van der Waals surface area contributed by atoms with E-state index in [2.05, 4.69) is 46.9 Å². The third-order valence-electron chi connectivity index (χ3n) is 4.68. The van der Waals surface area contributed by atoms with Crippen molar-refractivity contribution in [1.29, 1.82) is 0 Å². The van der Waals surface area contributed by atoms with E-state index in [1.165, 1.54) is 32.1 Å². The fourth-order valence-corrected chi connectivity index (χ4v) is 3.45. The summed E-state index contributed by atoms with van der Waals surface area (Å²) < 4.78 is 0. The standard InChI is InChI=1S/C18H37NO/c1-17(2,3)12-16(20)13-19-15-9-7-8-14(10-11-15)18(4,5)6/h14-16,19-20H,7-13H2,1-6H3.